The molecule has 0 N–H and O–H groups in total. The summed E-state index contributed by atoms with van der Waals surface area (Å²) < 4.78 is 63.3. The summed E-state index contributed by atoms with van der Waals surface area (Å²) in [7, 11) is -3.47. The molecule has 0 aliphatic carbocycles. The van der Waals surface area contributed by atoms with Crippen LogP contribution in [0.3, 0.4) is 0 Å². The lowest BCUT2D eigenvalue weighted by Crippen LogP contribution is -2.30. The third-order valence-electron chi connectivity index (χ3n) is 3.46. The van der Waals surface area contributed by atoms with E-state index in [1.54, 1.807) is 11.8 Å². The van der Waals surface area contributed by atoms with Crippen LogP contribution in [-0.2, 0) is 22.0 Å². The van der Waals surface area contributed by atoms with Gasteiger partial charge in [-0.15, -0.1) is 0 Å². The summed E-state index contributed by atoms with van der Waals surface area (Å²) in [4.78, 5) is 0. The van der Waals surface area contributed by atoms with Gasteiger partial charge in [0.1, 0.15) is 0 Å². The zero-order chi connectivity index (χ0) is 15.7. The average molecular weight is 339 g/mol. The van der Waals surface area contributed by atoms with Gasteiger partial charge in [0.15, 0.2) is 0 Å². The summed E-state index contributed by atoms with van der Waals surface area (Å²) in [6.07, 6.45) is -1.65. The second kappa shape index (κ2) is 6.18. The SMILES string of the molecule is CSC1CCN(S(=O)(=O)Cc2ccc(C(F)(F)F)cc2)C1. The van der Waals surface area contributed by atoms with Crippen molar-refractivity contribution < 1.29 is 21.6 Å². The van der Waals surface area contributed by atoms with E-state index in [2.05, 4.69) is 0 Å². The van der Waals surface area contributed by atoms with E-state index < -0.39 is 21.8 Å². The monoisotopic (exact) mass is 339 g/mol. The predicted molar refractivity (Wildman–Crippen MR) is 77.6 cm³/mol. The minimum absolute atomic E-state index is 0.258. The van der Waals surface area contributed by atoms with Gasteiger partial charge in [-0.05, 0) is 30.4 Å². The summed E-state index contributed by atoms with van der Waals surface area (Å²) in [5, 5.41) is 0.299. The number of hydrogen-bond acceptors (Lipinski definition) is 3. The third-order valence-corrected chi connectivity index (χ3v) is 6.33. The molecule has 1 unspecified atom stereocenters. The van der Waals surface area contributed by atoms with E-state index in [1.165, 1.54) is 16.4 Å². The fraction of sp³-hybridized carbons (Fsp3) is 0.538. The van der Waals surface area contributed by atoms with Crippen LogP contribution in [0.4, 0.5) is 13.2 Å². The van der Waals surface area contributed by atoms with Crippen molar-refractivity contribution in [2.75, 3.05) is 19.3 Å². The highest BCUT2D eigenvalue weighted by molar-refractivity contribution is 7.99. The molecule has 0 spiro atoms. The summed E-state index contributed by atoms with van der Waals surface area (Å²) >= 11 is 1.63. The first-order valence-corrected chi connectivity index (χ1v) is 9.29. The first-order valence-electron chi connectivity index (χ1n) is 6.39. The highest BCUT2D eigenvalue weighted by Gasteiger charge is 2.32. The molecule has 21 heavy (non-hydrogen) atoms. The number of alkyl halides is 3. The lowest BCUT2D eigenvalue weighted by molar-refractivity contribution is -0.137. The molecule has 0 saturated carbocycles. The standard InChI is InChI=1S/C13H16F3NO2S2/c1-20-12-6-7-17(8-12)21(18,19)9-10-2-4-11(5-3-10)13(14,15)16/h2-5,12H,6-9H2,1H3. The molecule has 0 aromatic heterocycles. The largest absolute Gasteiger partial charge is 0.416 e. The van der Waals surface area contributed by atoms with Gasteiger partial charge in [0.05, 0.1) is 11.3 Å². The van der Waals surface area contributed by atoms with Crippen LogP contribution < -0.4 is 0 Å². The van der Waals surface area contributed by atoms with Crippen molar-refractivity contribution in [1.82, 2.24) is 4.31 Å². The molecule has 1 aliphatic rings. The molecule has 1 fully saturated rings. The zero-order valence-corrected chi connectivity index (χ0v) is 13.1. The van der Waals surface area contributed by atoms with Crippen LogP contribution >= 0.6 is 11.8 Å². The molecule has 0 bridgehead atoms. The van der Waals surface area contributed by atoms with Crippen LogP contribution in [0.15, 0.2) is 24.3 Å². The lowest BCUT2D eigenvalue weighted by atomic mass is 10.1. The van der Waals surface area contributed by atoms with Crippen molar-refractivity contribution in [3.63, 3.8) is 0 Å². The van der Waals surface area contributed by atoms with Gasteiger partial charge in [-0.3, -0.25) is 0 Å². The van der Waals surface area contributed by atoms with Gasteiger partial charge in [0.25, 0.3) is 0 Å². The molecule has 0 amide bonds. The number of hydrogen-bond donors (Lipinski definition) is 0. The first kappa shape index (κ1) is 16.6. The Morgan fingerprint density at radius 3 is 2.38 bits per heavy atom. The molecule has 1 heterocycles. The lowest BCUT2D eigenvalue weighted by Gasteiger charge is -2.16. The summed E-state index contributed by atoms with van der Waals surface area (Å²) in [5.41, 5.74) is -0.400. The second-order valence-electron chi connectivity index (χ2n) is 4.96. The number of halogens is 3. The molecule has 0 radical (unpaired) electrons. The molecule has 118 valence electrons. The molecular weight excluding hydrogens is 323 g/mol. The van der Waals surface area contributed by atoms with Crippen molar-refractivity contribution in [2.45, 2.75) is 23.6 Å². The number of benzene rings is 1. The highest BCUT2D eigenvalue weighted by Crippen LogP contribution is 2.30. The van der Waals surface area contributed by atoms with E-state index in [-0.39, 0.29) is 5.75 Å². The fourth-order valence-corrected chi connectivity index (χ4v) is 4.59. The van der Waals surface area contributed by atoms with E-state index in [1.807, 2.05) is 6.26 Å². The van der Waals surface area contributed by atoms with Gasteiger partial charge in [0.2, 0.25) is 10.0 Å². The first-order chi connectivity index (χ1) is 9.72. The summed E-state index contributed by atoms with van der Waals surface area (Å²) in [5.74, 6) is -0.258. The maximum Gasteiger partial charge on any atom is 0.416 e. The van der Waals surface area contributed by atoms with Crippen LogP contribution in [0.1, 0.15) is 17.5 Å². The third kappa shape index (κ3) is 4.14. The number of nitrogens with zero attached hydrogens (tertiary/aromatic N) is 1. The topological polar surface area (TPSA) is 37.4 Å². The Morgan fingerprint density at radius 1 is 1.29 bits per heavy atom. The summed E-state index contributed by atoms with van der Waals surface area (Å²) in [6.45, 7) is 0.957. The Labute approximate surface area is 126 Å². The molecule has 8 heteroatoms. The number of rotatable bonds is 4. The van der Waals surface area contributed by atoms with E-state index in [9.17, 15) is 21.6 Å². The van der Waals surface area contributed by atoms with Crippen molar-refractivity contribution in [3.8, 4) is 0 Å². The van der Waals surface area contributed by atoms with Crippen LogP contribution in [0, 0.1) is 0 Å². The molecule has 1 aromatic rings. The Balaban J connectivity index is 2.07. The van der Waals surface area contributed by atoms with Crippen molar-refractivity contribution in [1.29, 1.82) is 0 Å². The van der Waals surface area contributed by atoms with Gasteiger partial charge in [-0.25, -0.2) is 12.7 Å². The maximum atomic E-state index is 12.5. The van der Waals surface area contributed by atoms with Crippen molar-refractivity contribution in [2.24, 2.45) is 0 Å². The maximum absolute atomic E-state index is 12.5. The molecule has 1 saturated heterocycles. The van der Waals surface area contributed by atoms with Gasteiger partial charge in [-0.1, -0.05) is 12.1 Å². The molecule has 3 nitrogen and oxygen atoms in total. The summed E-state index contributed by atoms with van der Waals surface area (Å²) in [6, 6.07) is 4.28. The average Bonchev–Trinajstić information content (AvgIpc) is 2.87. The van der Waals surface area contributed by atoms with Crippen molar-refractivity contribution >= 4 is 21.8 Å². The molecule has 1 atom stereocenters. The molecule has 1 aromatic carbocycles. The predicted octanol–water partition coefficient (Wildman–Crippen LogP) is 2.97. The fourth-order valence-electron chi connectivity index (χ4n) is 2.23. The Bertz CT molecular complexity index is 584. The van der Waals surface area contributed by atoms with Crippen LogP contribution in [0.5, 0.6) is 0 Å². The molecular formula is C13H16F3NO2S2. The van der Waals surface area contributed by atoms with E-state index in [4.69, 9.17) is 0 Å². The Kier molecular flexibility index (Phi) is 4.89. The Hall–Kier alpha value is -0.730. The molecule has 1 aliphatic heterocycles. The zero-order valence-electron chi connectivity index (χ0n) is 11.4. The smallest absolute Gasteiger partial charge is 0.212 e. The van der Waals surface area contributed by atoms with Gasteiger partial charge >= 0.3 is 6.18 Å². The second-order valence-corrected chi connectivity index (χ2v) is 8.06. The Morgan fingerprint density at radius 2 is 1.90 bits per heavy atom. The van der Waals surface area contributed by atoms with Gasteiger partial charge in [0, 0.05) is 18.3 Å². The number of sulfonamides is 1. The van der Waals surface area contributed by atoms with Crippen molar-refractivity contribution in [3.05, 3.63) is 35.4 Å². The van der Waals surface area contributed by atoms with E-state index in [0.29, 0.717) is 23.9 Å². The number of thioether (sulfide) groups is 1. The minimum Gasteiger partial charge on any atom is -0.212 e. The van der Waals surface area contributed by atoms with Gasteiger partial charge < -0.3 is 0 Å². The normalized spacial score (nSPS) is 20.9. The highest BCUT2D eigenvalue weighted by atomic mass is 32.2. The van der Waals surface area contributed by atoms with Crippen LogP contribution in [-0.4, -0.2) is 37.3 Å². The minimum atomic E-state index is -4.40. The van der Waals surface area contributed by atoms with Crippen LogP contribution in [0.2, 0.25) is 0 Å². The molecule has 2 rings (SSSR count). The van der Waals surface area contributed by atoms with Crippen LogP contribution in [0.25, 0.3) is 0 Å². The quantitative estimate of drug-likeness (QED) is 0.846. The van der Waals surface area contributed by atoms with E-state index in [0.717, 1.165) is 18.6 Å². The van der Waals surface area contributed by atoms with E-state index >= 15 is 0 Å². The van der Waals surface area contributed by atoms with Gasteiger partial charge in [-0.2, -0.15) is 24.9 Å².